The smallest absolute Gasteiger partial charge is 0.341 e. The van der Waals surface area contributed by atoms with Crippen LogP contribution in [0.15, 0.2) is 42.6 Å². The topological polar surface area (TPSA) is 98.0 Å². The van der Waals surface area contributed by atoms with E-state index in [-0.39, 0.29) is 17.9 Å². The van der Waals surface area contributed by atoms with E-state index in [1.165, 1.54) is 7.11 Å². The number of methoxy groups -OCH3 is 1. The number of piperidine rings is 2. The molecule has 2 N–H and O–H groups in total. The summed E-state index contributed by atoms with van der Waals surface area (Å²) in [4.78, 5) is 33.5. The number of pyridine rings is 1. The van der Waals surface area contributed by atoms with Gasteiger partial charge in [0.15, 0.2) is 0 Å². The molecule has 3 heterocycles. The first-order valence-corrected chi connectivity index (χ1v) is 11.6. The van der Waals surface area contributed by atoms with Crippen molar-refractivity contribution in [2.24, 2.45) is 5.92 Å². The summed E-state index contributed by atoms with van der Waals surface area (Å²) in [5.74, 6) is 1.02. The van der Waals surface area contributed by atoms with Crippen LogP contribution in [0, 0.1) is 5.92 Å². The molecule has 176 valence electrons. The maximum absolute atomic E-state index is 13.1. The number of carbonyl (C=O) groups excluding carboxylic acids is 2. The highest BCUT2D eigenvalue weighted by Gasteiger charge is 2.31. The van der Waals surface area contributed by atoms with Gasteiger partial charge in [-0.3, -0.25) is 9.69 Å². The van der Waals surface area contributed by atoms with Gasteiger partial charge in [0.25, 0.3) is 0 Å². The monoisotopic (exact) mass is 452 g/mol. The molecule has 1 aromatic carbocycles. The van der Waals surface area contributed by atoms with Gasteiger partial charge in [-0.1, -0.05) is 12.1 Å². The van der Waals surface area contributed by atoms with Crippen molar-refractivity contribution >= 4 is 17.7 Å². The fourth-order valence-corrected chi connectivity index (χ4v) is 4.67. The van der Waals surface area contributed by atoms with Gasteiger partial charge in [0.2, 0.25) is 5.91 Å². The van der Waals surface area contributed by atoms with E-state index >= 15 is 0 Å². The van der Waals surface area contributed by atoms with Crippen LogP contribution >= 0.6 is 0 Å². The number of hydrogen-bond acceptors (Lipinski definition) is 7. The fraction of sp³-hybridized carbons (Fsp3) is 0.480. The number of rotatable bonds is 6. The highest BCUT2D eigenvalue weighted by Crippen LogP contribution is 2.26. The molecule has 33 heavy (non-hydrogen) atoms. The Labute approximate surface area is 194 Å². The first kappa shape index (κ1) is 23.0. The molecule has 0 spiro atoms. The molecular formula is C25H32N4O4. The molecule has 1 aromatic heterocycles. The minimum absolute atomic E-state index is 0.0190. The van der Waals surface area contributed by atoms with Crippen LogP contribution < -0.4 is 10.5 Å². The lowest BCUT2D eigenvalue weighted by Gasteiger charge is -2.37. The summed E-state index contributed by atoms with van der Waals surface area (Å²) in [5.41, 5.74) is 7.36. The number of nitrogens with zero attached hydrogens (tertiary/aromatic N) is 3. The summed E-state index contributed by atoms with van der Waals surface area (Å²) in [7, 11) is 1.36. The summed E-state index contributed by atoms with van der Waals surface area (Å²) in [6.07, 6.45) is 4.98. The number of nitrogens with two attached hydrogens (primary N) is 1. The van der Waals surface area contributed by atoms with Crippen molar-refractivity contribution in [1.82, 2.24) is 14.8 Å². The van der Waals surface area contributed by atoms with Gasteiger partial charge in [0.05, 0.1) is 7.11 Å². The number of carbonyl (C=O) groups is 2. The predicted octanol–water partition coefficient (Wildman–Crippen LogP) is 2.73. The van der Waals surface area contributed by atoms with Crippen LogP contribution in [0.2, 0.25) is 0 Å². The van der Waals surface area contributed by atoms with Crippen molar-refractivity contribution < 1.29 is 19.1 Å². The minimum Gasteiger partial charge on any atom is -0.489 e. The molecule has 8 nitrogen and oxygen atoms in total. The Bertz CT molecular complexity index is 966. The van der Waals surface area contributed by atoms with E-state index in [4.69, 9.17) is 15.2 Å². The lowest BCUT2D eigenvalue weighted by molar-refractivity contribution is -0.139. The fourth-order valence-electron chi connectivity index (χ4n) is 4.67. The van der Waals surface area contributed by atoms with Crippen LogP contribution in [0.3, 0.4) is 0 Å². The van der Waals surface area contributed by atoms with E-state index in [1.807, 2.05) is 23.1 Å². The second kappa shape index (κ2) is 10.7. The number of ether oxygens (including phenoxy) is 2. The van der Waals surface area contributed by atoms with Crippen LogP contribution in [-0.2, 0) is 16.1 Å². The van der Waals surface area contributed by atoms with Crippen molar-refractivity contribution in [3.05, 3.63) is 53.7 Å². The molecule has 4 rings (SSSR count). The maximum Gasteiger partial charge on any atom is 0.341 e. The van der Waals surface area contributed by atoms with Gasteiger partial charge < -0.3 is 20.1 Å². The normalized spacial score (nSPS) is 18.2. The molecular weight excluding hydrogens is 420 g/mol. The second-order valence-electron chi connectivity index (χ2n) is 8.77. The van der Waals surface area contributed by atoms with Crippen LogP contribution in [-0.4, -0.2) is 66.1 Å². The third-order valence-corrected chi connectivity index (χ3v) is 6.53. The second-order valence-corrected chi connectivity index (χ2v) is 8.77. The molecule has 2 fully saturated rings. The van der Waals surface area contributed by atoms with Crippen molar-refractivity contribution in [3.8, 4) is 5.75 Å². The largest absolute Gasteiger partial charge is 0.489 e. The van der Waals surface area contributed by atoms with Crippen LogP contribution in [0.5, 0.6) is 5.75 Å². The van der Waals surface area contributed by atoms with Crippen molar-refractivity contribution in [3.63, 3.8) is 0 Å². The van der Waals surface area contributed by atoms with E-state index in [0.29, 0.717) is 30.2 Å². The number of para-hydroxylation sites is 1. The minimum atomic E-state index is -0.406. The third kappa shape index (κ3) is 5.82. The van der Waals surface area contributed by atoms with Gasteiger partial charge in [-0.05, 0) is 55.8 Å². The van der Waals surface area contributed by atoms with Gasteiger partial charge in [-0.25, -0.2) is 9.78 Å². The number of hydrogen-bond donors (Lipinski definition) is 1. The number of benzene rings is 1. The summed E-state index contributed by atoms with van der Waals surface area (Å²) in [6, 6.07) is 11.0. The number of likely N-dealkylation sites (tertiary alicyclic amines) is 2. The molecule has 2 aromatic rings. The number of esters is 1. The van der Waals surface area contributed by atoms with Gasteiger partial charge >= 0.3 is 5.97 Å². The highest BCUT2D eigenvalue weighted by atomic mass is 16.5. The lowest BCUT2D eigenvalue weighted by Crippen LogP contribution is -2.47. The van der Waals surface area contributed by atoms with E-state index in [2.05, 4.69) is 9.88 Å². The zero-order chi connectivity index (χ0) is 23.2. The summed E-state index contributed by atoms with van der Waals surface area (Å²) < 4.78 is 10.9. The quantitative estimate of drug-likeness (QED) is 0.673. The van der Waals surface area contributed by atoms with Gasteiger partial charge in [0, 0.05) is 44.6 Å². The summed E-state index contributed by atoms with van der Waals surface area (Å²) in [5, 5.41) is 0. The number of nitrogen functional groups attached to an aromatic ring is 1. The zero-order valence-corrected chi connectivity index (χ0v) is 19.1. The lowest BCUT2D eigenvalue weighted by atomic mass is 9.94. The molecule has 0 radical (unpaired) electrons. The van der Waals surface area contributed by atoms with Crippen LogP contribution in [0.25, 0.3) is 0 Å². The Balaban J connectivity index is 1.24. The maximum atomic E-state index is 13.1. The molecule has 0 unspecified atom stereocenters. The SMILES string of the molecule is COC(=O)c1ccccc1OC1CCN(C(=O)C2CCN(Cc3ccnc(N)c3)CC2)CC1. The van der Waals surface area contributed by atoms with Crippen LogP contribution in [0.4, 0.5) is 5.82 Å². The standard InChI is InChI=1S/C25H32N4O4/c1-32-25(31)21-4-2-3-5-22(21)33-20-9-14-29(15-10-20)24(30)19-7-12-28(13-8-19)17-18-6-11-27-23(26)16-18/h2-6,11,16,19-20H,7-10,12-15,17H2,1H3,(H2,26,27). The first-order chi connectivity index (χ1) is 16.0. The predicted molar refractivity (Wildman–Crippen MR) is 125 cm³/mol. The van der Waals surface area contributed by atoms with E-state index in [0.717, 1.165) is 50.9 Å². The molecule has 8 heteroatoms. The molecule has 2 aliphatic rings. The Morgan fingerprint density at radius 2 is 1.79 bits per heavy atom. The number of aromatic nitrogens is 1. The van der Waals surface area contributed by atoms with E-state index in [9.17, 15) is 9.59 Å². The van der Waals surface area contributed by atoms with Gasteiger partial charge in [-0.15, -0.1) is 0 Å². The molecule has 0 aliphatic carbocycles. The molecule has 2 saturated heterocycles. The van der Waals surface area contributed by atoms with Gasteiger partial charge in [-0.2, -0.15) is 0 Å². The molecule has 0 saturated carbocycles. The van der Waals surface area contributed by atoms with Crippen LogP contribution in [0.1, 0.15) is 41.6 Å². The highest BCUT2D eigenvalue weighted by molar-refractivity contribution is 5.92. The Morgan fingerprint density at radius 3 is 2.48 bits per heavy atom. The molecule has 1 amide bonds. The van der Waals surface area contributed by atoms with Crippen molar-refractivity contribution in [2.45, 2.75) is 38.3 Å². The zero-order valence-electron chi connectivity index (χ0n) is 19.1. The average Bonchev–Trinajstić information content (AvgIpc) is 2.84. The van der Waals surface area contributed by atoms with E-state index in [1.54, 1.807) is 24.4 Å². The average molecular weight is 453 g/mol. The van der Waals surface area contributed by atoms with Crippen molar-refractivity contribution in [1.29, 1.82) is 0 Å². The Morgan fingerprint density at radius 1 is 1.06 bits per heavy atom. The number of anilines is 1. The van der Waals surface area contributed by atoms with Gasteiger partial charge in [0.1, 0.15) is 23.2 Å². The first-order valence-electron chi connectivity index (χ1n) is 11.6. The number of amides is 1. The van der Waals surface area contributed by atoms with E-state index < -0.39 is 5.97 Å². The van der Waals surface area contributed by atoms with Crippen molar-refractivity contribution in [2.75, 3.05) is 39.0 Å². The summed E-state index contributed by atoms with van der Waals surface area (Å²) >= 11 is 0. The molecule has 0 bridgehead atoms. The molecule has 2 aliphatic heterocycles. The summed E-state index contributed by atoms with van der Waals surface area (Å²) in [6.45, 7) is 4.01. The Kier molecular flexibility index (Phi) is 7.44. The Hall–Kier alpha value is -3.13. The third-order valence-electron chi connectivity index (χ3n) is 6.53. The molecule has 0 atom stereocenters.